The maximum absolute atomic E-state index is 13.0. The zero-order valence-electron chi connectivity index (χ0n) is 13.5. The molecule has 0 aliphatic carbocycles. The van der Waals surface area contributed by atoms with Crippen molar-refractivity contribution in [3.63, 3.8) is 0 Å². The zero-order valence-corrected chi connectivity index (χ0v) is 13.5. The summed E-state index contributed by atoms with van der Waals surface area (Å²) in [5, 5.41) is 0. The van der Waals surface area contributed by atoms with E-state index in [9.17, 15) is 4.79 Å². The minimum Gasteiger partial charge on any atom is -0.298 e. The van der Waals surface area contributed by atoms with Crippen molar-refractivity contribution in [3.05, 3.63) is 107 Å². The van der Waals surface area contributed by atoms with E-state index in [1.54, 1.807) is 6.92 Å². The molecule has 0 fully saturated rings. The van der Waals surface area contributed by atoms with Gasteiger partial charge in [0, 0.05) is 0 Å². The lowest BCUT2D eigenvalue weighted by Gasteiger charge is -2.34. The van der Waals surface area contributed by atoms with Gasteiger partial charge in [0.25, 0.3) is 0 Å². The first-order valence-corrected chi connectivity index (χ1v) is 7.85. The Morgan fingerprint density at radius 3 is 1.57 bits per heavy atom. The Kier molecular flexibility index (Phi) is 4.12. The van der Waals surface area contributed by atoms with Gasteiger partial charge in [0.05, 0.1) is 0 Å². The molecule has 23 heavy (non-hydrogen) atoms. The first-order chi connectivity index (χ1) is 11.2. The van der Waals surface area contributed by atoms with Crippen LogP contribution in [0.25, 0.3) is 0 Å². The highest BCUT2D eigenvalue weighted by atomic mass is 16.1. The van der Waals surface area contributed by atoms with Crippen molar-refractivity contribution < 1.29 is 4.79 Å². The smallest absolute Gasteiger partial charge is 0.149 e. The molecule has 0 N–H and O–H groups in total. The molecule has 0 aliphatic rings. The van der Waals surface area contributed by atoms with Crippen LogP contribution in [0, 0.1) is 6.92 Å². The summed E-state index contributed by atoms with van der Waals surface area (Å²) in [5.74, 6) is 0.129. The molecular weight excluding hydrogens is 280 g/mol. The van der Waals surface area contributed by atoms with E-state index in [4.69, 9.17) is 0 Å². The molecule has 0 saturated carbocycles. The number of Topliss-reactive ketones (excluding diaryl/α,β-unsaturated/α-hetero) is 1. The first-order valence-electron chi connectivity index (χ1n) is 7.85. The minimum atomic E-state index is -0.770. The maximum Gasteiger partial charge on any atom is 0.149 e. The molecule has 3 aromatic carbocycles. The quantitative estimate of drug-likeness (QED) is 0.625. The largest absolute Gasteiger partial charge is 0.298 e. The van der Waals surface area contributed by atoms with Crippen LogP contribution in [-0.4, -0.2) is 5.78 Å². The molecule has 0 heterocycles. The van der Waals surface area contributed by atoms with Crippen LogP contribution in [-0.2, 0) is 10.2 Å². The first kappa shape index (κ1) is 15.2. The van der Waals surface area contributed by atoms with Gasteiger partial charge in [0.15, 0.2) is 0 Å². The Hall–Kier alpha value is -2.67. The van der Waals surface area contributed by atoms with Crippen LogP contribution in [0.1, 0.15) is 29.2 Å². The number of benzene rings is 3. The fraction of sp³-hybridized carbons (Fsp3) is 0.136. The molecule has 1 heteroatoms. The molecule has 0 spiro atoms. The van der Waals surface area contributed by atoms with Gasteiger partial charge in [-0.3, -0.25) is 4.79 Å². The third-order valence-corrected chi connectivity index (χ3v) is 4.49. The molecule has 0 radical (unpaired) electrons. The van der Waals surface area contributed by atoms with Gasteiger partial charge in [-0.1, -0.05) is 84.9 Å². The van der Waals surface area contributed by atoms with Crippen molar-refractivity contribution in [2.75, 3.05) is 0 Å². The highest BCUT2D eigenvalue weighted by Crippen LogP contribution is 2.41. The topological polar surface area (TPSA) is 17.1 Å². The fourth-order valence-corrected chi connectivity index (χ4v) is 3.44. The van der Waals surface area contributed by atoms with Gasteiger partial charge in [-0.15, -0.1) is 0 Å². The number of ketones is 1. The van der Waals surface area contributed by atoms with E-state index < -0.39 is 5.41 Å². The van der Waals surface area contributed by atoms with Gasteiger partial charge in [0.2, 0.25) is 0 Å². The molecule has 0 aromatic heterocycles. The molecule has 0 atom stereocenters. The van der Waals surface area contributed by atoms with Crippen molar-refractivity contribution in [2.24, 2.45) is 0 Å². The molecule has 114 valence electrons. The average Bonchev–Trinajstić information content (AvgIpc) is 2.59. The summed E-state index contributed by atoms with van der Waals surface area (Å²) >= 11 is 0. The van der Waals surface area contributed by atoms with Crippen molar-refractivity contribution in [1.82, 2.24) is 0 Å². The van der Waals surface area contributed by atoms with Crippen LogP contribution < -0.4 is 0 Å². The van der Waals surface area contributed by atoms with E-state index in [0.717, 1.165) is 22.3 Å². The average molecular weight is 300 g/mol. The lowest BCUT2D eigenvalue weighted by molar-refractivity contribution is -0.119. The second-order valence-electron chi connectivity index (χ2n) is 5.85. The van der Waals surface area contributed by atoms with Crippen molar-refractivity contribution in [2.45, 2.75) is 19.3 Å². The summed E-state index contributed by atoms with van der Waals surface area (Å²) in [7, 11) is 0. The fourth-order valence-electron chi connectivity index (χ4n) is 3.44. The second kappa shape index (κ2) is 6.21. The van der Waals surface area contributed by atoms with Gasteiger partial charge < -0.3 is 0 Å². The summed E-state index contributed by atoms with van der Waals surface area (Å²) in [6, 6.07) is 28.3. The Labute approximate surface area is 137 Å². The minimum absolute atomic E-state index is 0.129. The highest BCUT2D eigenvalue weighted by molar-refractivity contribution is 5.96. The molecule has 0 amide bonds. The molecule has 1 nitrogen and oxygen atoms in total. The Bertz CT molecular complexity index is 764. The number of hydrogen-bond donors (Lipinski definition) is 0. The number of carbonyl (C=O) groups excluding carboxylic acids is 1. The van der Waals surface area contributed by atoms with E-state index >= 15 is 0 Å². The molecule has 0 unspecified atom stereocenters. The van der Waals surface area contributed by atoms with Crippen LogP contribution >= 0.6 is 0 Å². The Balaban J connectivity index is 2.42. The van der Waals surface area contributed by atoms with Crippen LogP contribution in [0.3, 0.4) is 0 Å². The van der Waals surface area contributed by atoms with Gasteiger partial charge in [-0.25, -0.2) is 0 Å². The molecule has 3 aromatic rings. The summed E-state index contributed by atoms with van der Waals surface area (Å²) < 4.78 is 0. The number of rotatable bonds is 4. The third-order valence-electron chi connectivity index (χ3n) is 4.49. The molecule has 0 aliphatic heterocycles. The summed E-state index contributed by atoms with van der Waals surface area (Å²) in [4.78, 5) is 13.0. The SMILES string of the molecule is CC(=O)C(c1ccccc1)(c1ccccc1)c1ccccc1C. The number of aryl methyl sites for hydroxylation is 1. The lowest BCUT2D eigenvalue weighted by Crippen LogP contribution is -2.37. The van der Waals surface area contributed by atoms with E-state index in [-0.39, 0.29) is 5.78 Å². The predicted octanol–water partition coefficient (Wildman–Crippen LogP) is 4.92. The highest BCUT2D eigenvalue weighted by Gasteiger charge is 2.41. The van der Waals surface area contributed by atoms with Crippen LogP contribution in [0.4, 0.5) is 0 Å². The summed E-state index contributed by atoms with van der Waals surface area (Å²) in [6.45, 7) is 3.76. The predicted molar refractivity (Wildman–Crippen MR) is 94.6 cm³/mol. The van der Waals surface area contributed by atoms with Crippen molar-refractivity contribution >= 4 is 5.78 Å². The van der Waals surface area contributed by atoms with Gasteiger partial charge in [0.1, 0.15) is 11.2 Å². The monoisotopic (exact) mass is 300 g/mol. The molecule has 0 bridgehead atoms. The van der Waals surface area contributed by atoms with Gasteiger partial charge >= 0.3 is 0 Å². The van der Waals surface area contributed by atoms with E-state index in [0.29, 0.717) is 0 Å². The molecule has 3 rings (SSSR count). The normalized spacial score (nSPS) is 11.2. The van der Waals surface area contributed by atoms with Crippen LogP contribution in [0.2, 0.25) is 0 Å². The van der Waals surface area contributed by atoms with E-state index in [1.165, 1.54) is 0 Å². The van der Waals surface area contributed by atoms with Crippen molar-refractivity contribution in [3.8, 4) is 0 Å². The van der Waals surface area contributed by atoms with Crippen LogP contribution in [0.15, 0.2) is 84.9 Å². The number of carbonyl (C=O) groups is 1. The zero-order chi connectivity index (χ0) is 16.3. The third kappa shape index (κ3) is 2.49. The Morgan fingerprint density at radius 1 is 0.696 bits per heavy atom. The van der Waals surface area contributed by atoms with Gasteiger partial charge in [-0.2, -0.15) is 0 Å². The molecular formula is C22H20O. The number of hydrogen-bond acceptors (Lipinski definition) is 1. The van der Waals surface area contributed by atoms with Gasteiger partial charge in [-0.05, 0) is 36.1 Å². The van der Waals surface area contributed by atoms with Crippen molar-refractivity contribution in [1.29, 1.82) is 0 Å². The standard InChI is InChI=1S/C22H20O/c1-17-11-9-10-16-21(17)22(18(2)23,19-12-5-3-6-13-19)20-14-7-4-8-15-20/h3-16H,1-2H3. The maximum atomic E-state index is 13.0. The van der Waals surface area contributed by atoms with E-state index in [2.05, 4.69) is 19.1 Å². The van der Waals surface area contributed by atoms with Crippen LogP contribution in [0.5, 0.6) is 0 Å². The summed E-state index contributed by atoms with van der Waals surface area (Å²) in [6.07, 6.45) is 0. The van der Waals surface area contributed by atoms with E-state index in [1.807, 2.05) is 72.8 Å². The summed E-state index contributed by atoms with van der Waals surface area (Å²) in [5.41, 5.74) is 3.41. The molecule has 0 saturated heterocycles. The lowest BCUT2D eigenvalue weighted by atomic mass is 9.66. The Morgan fingerprint density at radius 2 is 1.13 bits per heavy atom. The second-order valence-corrected chi connectivity index (χ2v) is 5.85.